The van der Waals surface area contributed by atoms with Crippen LogP contribution in [0.2, 0.25) is 0 Å². The molecule has 0 bridgehead atoms. The van der Waals surface area contributed by atoms with E-state index >= 15 is 0 Å². The monoisotopic (exact) mass is 281 g/mol. The zero-order chi connectivity index (χ0) is 14.6. The minimum absolute atomic E-state index is 0.275. The molecule has 3 nitrogen and oxygen atoms in total. The fraction of sp³-hybridized carbons (Fsp3) is 0.941. The fourth-order valence-electron chi connectivity index (χ4n) is 4.40. The molecule has 0 radical (unpaired) electrons. The molecule has 0 heterocycles. The Balaban J connectivity index is 2.16. The summed E-state index contributed by atoms with van der Waals surface area (Å²) in [5.74, 6) is 0.0989. The maximum atomic E-state index is 12.1. The maximum absolute atomic E-state index is 12.1. The zero-order valence-electron chi connectivity index (χ0n) is 13.2. The first-order valence-electron chi connectivity index (χ1n) is 8.57. The second kappa shape index (κ2) is 6.93. The van der Waals surface area contributed by atoms with Gasteiger partial charge in [0, 0.05) is 6.04 Å². The molecule has 0 saturated heterocycles. The van der Waals surface area contributed by atoms with Crippen LogP contribution in [-0.2, 0) is 4.79 Å². The van der Waals surface area contributed by atoms with Gasteiger partial charge in [0.05, 0.1) is 0 Å². The molecule has 2 aliphatic rings. The highest BCUT2D eigenvalue weighted by Crippen LogP contribution is 2.40. The molecule has 0 aliphatic heterocycles. The number of carboxylic acid groups (broad SMARTS) is 1. The highest BCUT2D eigenvalue weighted by Gasteiger charge is 2.49. The van der Waals surface area contributed by atoms with Crippen molar-refractivity contribution in [2.75, 3.05) is 0 Å². The van der Waals surface area contributed by atoms with Crippen LogP contribution in [0, 0.1) is 11.8 Å². The van der Waals surface area contributed by atoms with Gasteiger partial charge in [-0.1, -0.05) is 52.4 Å². The summed E-state index contributed by atoms with van der Waals surface area (Å²) in [6.07, 6.45) is 11.5. The van der Waals surface area contributed by atoms with E-state index in [-0.39, 0.29) is 5.92 Å². The summed E-state index contributed by atoms with van der Waals surface area (Å²) in [6.45, 7) is 4.37. The Hall–Kier alpha value is -0.570. The zero-order valence-corrected chi connectivity index (χ0v) is 13.2. The first-order chi connectivity index (χ1) is 9.56. The normalized spacial score (nSPS) is 33.0. The molecule has 2 N–H and O–H groups in total. The molecule has 2 fully saturated rings. The highest BCUT2D eigenvalue weighted by atomic mass is 16.4. The molecule has 116 valence electrons. The van der Waals surface area contributed by atoms with Crippen LogP contribution < -0.4 is 5.32 Å². The van der Waals surface area contributed by atoms with Gasteiger partial charge in [-0.25, -0.2) is 0 Å². The van der Waals surface area contributed by atoms with E-state index < -0.39 is 11.5 Å². The first-order valence-corrected chi connectivity index (χ1v) is 8.57. The van der Waals surface area contributed by atoms with Crippen molar-refractivity contribution in [1.82, 2.24) is 5.32 Å². The van der Waals surface area contributed by atoms with E-state index in [2.05, 4.69) is 19.2 Å². The predicted molar refractivity (Wildman–Crippen MR) is 81.8 cm³/mol. The van der Waals surface area contributed by atoms with Crippen LogP contribution in [0.5, 0.6) is 0 Å². The summed E-state index contributed by atoms with van der Waals surface area (Å²) >= 11 is 0. The Morgan fingerprint density at radius 2 is 1.65 bits per heavy atom. The molecule has 2 saturated carbocycles. The quantitative estimate of drug-likeness (QED) is 0.767. The standard InChI is InChI=1S/C17H31NO2/c1-13(2)15-11-7-8-12-17(15,16(19)20)18-14-9-5-3-4-6-10-14/h13-15,18H,3-12H2,1-2H3,(H,19,20). The lowest BCUT2D eigenvalue weighted by Crippen LogP contribution is -2.62. The second-order valence-corrected chi connectivity index (χ2v) is 7.21. The maximum Gasteiger partial charge on any atom is 0.324 e. The van der Waals surface area contributed by atoms with Crippen LogP contribution in [0.1, 0.15) is 78.1 Å². The van der Waals surface area contributed by atoms with Gasteiger partial charge in [0.15, 0.2) is 0 Å². The van der Waals surface area contributed by atoms with E-state index in [4.69, 9.17) is 0 Å². The van der Waals surface area contributed by atoms with Gasteiger partial charge in [-0.05, 0) is 37.5 Å². The molecule has 2 rings (SSSR count). The van der Waals surface area contributed by atoms with Crippen LogP contribution in [0.25, 0.3) is 0 Å². The molecule has 2 unspecified atom stereocenters. The SMILES string of the molecule is CC(C)C1CCCCC1(NC1CCCCCC1)C(=O)O. The number of aliphatic carboxylic acids is 1. The largest absolute Gasteiger partial charge is 0.480 e. The first kappa shape index (κ1) is 15.8. The Labute approximate surface area is 123 Å². The molecule has 3 heteroatoms. The molecular formula is C17H31NO2. The molecule has 0 aromatic rings. The average Bonchev–Trinajstić information content (AvgIpc) is 2.67. The summed E-state index contributed by atoms with van der Waals surface area (Å²) in [5, 5.41) is 13.6. The summed E-state index contributed by atoms with van der Waals surface area (Å²) in [4.78, 5) is 12.1. The molecule has 2 aliphatic carbocycles. The topological polar surface area (TPSA) is 49.3 Å². The van der Waals surface area contributed by atoms with Gasteiger partial charge in [0.25, 0.3) is 0 Å². The van der Waals surface area contributed by atoms with Crippen molar-refractivity contribution in [2.24, 2.45) is 11.8 Å². The summed E-state index contributed by atoms with van der Waals surface area (Å²) in [5.41, 5.74) is -0.665. The van der Waals surface area contributed by atoms with E-state index in [0.717, 1.165) is 32.1 Å². The van der Waals surface area contributed by atoms with E-state index in [1.807, 2.05) is 0 Å². The van der Waals surface area contributed by atoms with Crippen LogP contribution >= 0.6 is 0 Å². The van der Waals surface area contributed by atoms with Crippen molar-refractivity contribution in [3.05, 3.63) is 0 Å². The van der Waals surface area contributed by atoms with Gasteiger partial charge in [-0.15, -0.1) is 0 Å². The molecule has 0 amide bonds. The Morgan fingerprint density at radius 3 is 2.20 bits per heavy atom. The lowest BCUT2D eigenvalue weighted by atomic mass is 9.67. The number of hydrogen-bond acceptors (Lipinski definition) is 2. The van der Waals surface area contributed by atoms with Crippen molar-refractivity contribution >= 4 is 5.97 Å². The van der Waals surface area contributed by atoms with E-state index in [1.54, 1.807) is 0 Å². The number of carboxylic acids is 1. The summed E-state index contributed by atoms with van der Waals surface area (Å²) < 4.78 is 0. The van der Waals surface area contributed by atoms with Crippen LogP contribution in [0.4, 0.5) is 0 Å². The van der Waals surface area contributed by atoms with Crippen LogP contribution in [0.15, 0.2) is 0 Å². The minimum atomic E-state index is -0.665. The predicted octanol–water partition coefficient (Wildman–Crippen LogP) is 3.97. The van der Waals surface area contributed by atoms with Crippen molar-refractivity contribution < 1.29 is 9.90 Å². The van der Waals surface area contributed by atoms with Gasteiger partial charge in [0.1, 0.15) is 5.54 Å². The van der Waals surface area contributed by atoms with Gasteiger partial charge >= 0.3 is 5.97 Å². The number of carbonyl (C=O) groups is 1. The third kappa shape index (κ3) is 3.36. The summed E-state index contributed by atoms with van der Waals surface area (Å²) in [6, 6.07) is 0.410. The minimum Gasteiger partial charge on any atom is -0.480 e. The Kier molecular flexibility index (Phi) is 5.48. The van der Waals surface area contributed by atoms with Crippen molar-refractivity contribution in [1.29, 1.82) is 0 Å². The third-order valence-corrected chi connectivity index (χ3v) is 5.47. The smallest absolute Gasteiger partial charge is 0.324 e. The molecule has 0 aromatic heterocycles. The van der Waals surface area contributed by atoms with E-state index in [9.17, 15) is 9.90 Å². The van der Waals surface area contributed by atoms with Crippen molar-refractivity contribution in [3.8, 4) is 0 Å². The van der Waals surface area contributed by atoms with E-state index in [1.165, 1.54) is 32.1 Å². The molecule has 0 aromatic carbocycles. The van der Waals surface area contributed by atoms with E-state index in [0.29, 0.717) is 12.0 Å². The lowest BCUT2D eigenvalue weighted by molar-refractivity contribution is -0.151. The molecule has 2 atom stereocenters. The molecule has 0 spiro atoms. The number of hydrogen-bond donors (Lipinski definition) is 2. The van der Waals surface area contributed by atoms with Crippen LogP contribution in [-0.4, -0.2) is 22.7 Å². The number of nitrogens with one attached hydrogen (secondary N) is 1. The highest BCUT2D eigenvalue weighted by molar-refractivity contribution is 5.79. The number of rotatable bonds is 4. The molecule has 20 heavy (non-hydrogen) atoms. The van der Waals surface area contributed by atoms with Gasteiger partial charge in [-0.3, -0.25) is 10.1 Å². The van der Waals surface area contributed by atoms with Gasteiger partial charge in [0.2, 0.25) is 0 Å². The fourth-order valence-corrected chi connectivity index (χ4v) is 4.40. The van der Waals surface area contributed by atoms with Crippen LogP contribution in [0.3, 0.4) is 0 Å². The Bertz CT molecular complexity index is 321. The lowest BCUT2D eigenvalue weighted by Gasteiger charge is -2.45. The van der Waals surface area contributed by atoms with Crippen molar-refractivity contribution in [2.45, 2.75) is 89.6 Å². The van der Waals surface area contributed by atoms with Gasteiger partial charge in [-0.2, -0.15) is 0 Å². The third-order valence-electron chi connectivity index (χ3n) is 5.47. The Morgan fingerprint density at radius 1 is 1.05 bits per heavy atom. The second-order valence-electron chi connectivity index (χ2n) is 7.21. The van der Waals surface area contributed by atoms with Crippen molar-refractivity contribution in [3.63, 3.8) is 0 Å². The van der Waals surface area contributed by atoms with Gasteiger partial charge < -0.3 is 5.11 Å². The average molecular weight is 281 g/mol. The summed E-state index contributed by atoms with van der Waals surface area (Å²) in [7, 11) is 0. The molecular weight excluding hydrogens is 250 g/mol.